The summed E-state index contributed by atoms with van der Waals surface area (Å²) in [6.07, 6.45) is 4.26. The van der Waals surface area contributed by atoms with Gasteiger partial charge in [-0.15, -0.1) is 0 Å². The molecule has 0 spiro atoms. The van der Waals surface area contributed by atoms with Gasteiger partial charge in [-0.1, -0.05) is 35.4 Å². The number of nitrogens with one attached hydrogen (secondary N) is 1. The van der Waals surface area contributed by atoms with Crippen molar-refractivity contribution in [2.75, 3.05) is 33.9 Å². The predicted molar refractivity (Wildman–Crippen MR) is 92.4 cm³/mol. The molecular weight excluding hydrogens is 298 g/mol. The number of rotatable bonds is 5. The maximum absolute atomic E-state index is 6.03. The summed E-state index contributed by atoms with van der Waals surface area (Å²) in [7, 11) is 3.84. The lowest BCUT2D eigenvalue weighted by Crippen LogP contribution is -2.39. The van der Waals surface area contributed by atoms with Crippen molar-refractivity contribution in [1.29, 1.82) is 0 Å². The van der Waals surface area contributed by atoms with Gasteiger partial charge in [0.1, 0.15) is 0 Å². The van der Waals surface area contributed by atoms with E-state index in [1.165, 1.54) is 11.1 Å². The molecule has 0 amide bonds. The van der Waals surface area contributed by atoms with Gasteiger partial charge >= 0.3 is 0 Å². The molecule has 2 rings (SSSR count). The summed E-state index contributed by atoms with van der Waals surface area (Å²) in [5, 5.41) is 4.18. The smallest absolute Gasteiger partial charge is 0.193 e. The van der Waals surface area contributed by atoms with E-state index in [0.29, 0.717) is 0 Å². The lowest BCUT2D eigenvalue weighted by molar-refractivity contribution is 0.153. The van der Waals surface area contributed by atoms with Crippen molar-refractivity contribution < 1.29 is 4.74 Å². The molecule has 22 heavy (non-hydrogen) atoms. The molecular formula is C17H24ClN3O. The van der Waals surface area contributed by atoms with E-state index in [1.807, 2.05) is 32.3 Å². The number of hydrogen-bond acceptors (Lipinski definition) is 2. The number of aliphatic imine (C=N–C) groups is 1. The Bertz CT molecular complexity index is 542. The monoisotopic (exact) mass is 321 g/mol. The lowest BCUT2D eigenvalue weighted by Gasteiger charge is -2.23. The second-order valence-corrected chi connectivity index (χ2v) is 5.83. The molecule has 1 aliphatic heterocycles. The highest BCUT2D eigenvalue weighted by Crippen LogP contribution is 2.13. The second kappa shape index (κ2) is 8.81. The molecule has 0 saturated heterocycles. The zero-order chi connectivity index (χ0) is 15.8. The Balaban J connectivity index is 1.81. The molecule has 1 heterocycles. The standard InChI is InChI=1S/C17H24ClN3O/c1-19-17(20-9-6-14-7-10-22-11-8-14)21(2)13-15-4-3-5-16(18)12-15/h3-5,7,12H,6,8-11,13H2,1-2H3,(H,19,20). The largest absolute Gasteiger partial charge is 0.377 e. The zero-order valence-electron chi connectivity index (χ0n) is 13.3. The van der Waals surface area contributed by atoms with Crippen molar-refractivity contribution in [2.24, 2.45) is 4.99 Å². The average Bonchev–Trinajstić information content (AvgIpc) is 2.52. The molecule has 120 valence electrons. The summed E-state index contributed by atoms with van der Waals surface area (Å²) < 4.78 is 5.32. The molecule has 0 atom stereocenters. The van der Waals surface area contributed by atoms with Crippen LogP contribution in [0.5, 0.6) is 0 Å². The molecule has 1 aromatic rings. The van der Waals surface area contributed by atoms with E-state index in [0.717, 1.165) is 50.1 Å². The van der Waals surface area contributed by atoms with Gasteiger partial charge in [0.25, 0.3) is 0 Å². The SMILES string of the molecule is CN=C(NCCC1=CCOCC1)N(C)Cc1cccc(Cl)c1. The van der Waals surface area contributed by atoms with Gasteiger partial charge in [0.05, 0.1) is 13.2 Å². The maximum atomic E-state index is 6.03. The van der Waals surface area contributed by atoms with E-state index in [2.05, 4.69) is 27.4 Å². The molecule has 0 fully saturated rings. The van der Waals surface area contributed by atoms with Crippen molar-refractivity contribution in [3.05, 3.63) is 46.5 Å². The molecule has 0 aliphatic carbocycles. The zero-order valence-corrected chi connectivity index (χ0v) is 14.1. The highest BCUT2D eigenvalue weighted by molar-refractivity contribution is 6.30. The van der Waals surface area contributed by atoms with Crippen LogP contribution in [0.2, 0.25) is 5.02 Å². The van der Waals surface area contributed by atoms with Crippen LogP contribution in [-0.4, -0.2) is 44.7 Å². The van der Waals surface area contributed by atoms with Crippen molar-refractivity contribution in [2.45, 2.75) is 19.4 Å². The first kappa shape index (κ1) is 16.8. The van der Waals surface area contributed by atoms with Crippen LogP contribution in [0.1, 0.15) is 18.4 Å². The Hall–Kier alpha value is -1.52. The first-order valence-corrected chi connectivity index (χ1v) is 7.98. The van der Waals surface area contributed by atoms with Crippen LogP contribution < -0.4 is 5.32 Å². The minimum atomic E-state index is 0.749. The van der Waals surface area contributed by atoms with Gasteiger partial charge in [-0.3, -0.25) is 4.99 Å². The normalized spacial score (nSPS) is 15.4. The molecule has 1 aromatic carbocycles. The summed E-state index contributed by atoms with van der Waals surface area (Å²) in [5.41, 5.74) is 2.64. The lowest BCUT2D eigenvalue weighted by atomic mass is 10.1. The predicted octanol–water partition coefficient (Wildman–Crippen LogP) is 3.08. The molecule has 1 aliphatic rings. The Kier molecular flexibility index (Phi) is 6.74. The van der Waals surface area contributed by atoms with Gasteiger partial charge in [0, 0.05) is 32.2 Å². The van der Waals surface area contributed by atoms with Crippen molar-refractivity contribution in [3.8, 4) is 0 Å². The third-order valence-electron chi connectivity index (χ3n) is 3.67. The van der Waals surface area contributed by atoms with Crippen molar-refractivity contribution >= 4 is 17.6 Å². The van der Waals surface area contributed by atoms with E-state index in [1.54, 1.807) is 0 Å². The van der Waals surface area contributed by atoms with Gasteiger partial charge in [0.2, 0.25) is 0 Å². The van der Waals surface area contributed by atoms with E-state index >= 15 is 0 Å². The molecule has 5 heteroatoms. The third-order valence-corrected chi connectivity index (χ3v) is 3.90. The Labute approximate surface area is 137 Å². The Morgan fingerprint density at radius 1 is 1.45 bits per heavy atom. The summed E-state index contributed by atoms with van der Waals surface area (Å²) in [5.74, 6) is 0.896. The van der Waals surface area contributed by atoms with Crippen LogP contribution >= 0.6 is 11.6 Å². The van der Waals surface area contributed by atoms with Gasteiger partial charge < -0.3 is 15.0 Å². The Morgan fingerprint density at radius 3 is 3.00 bits per heavy atom. The fourth-order valence-corrected chi connectivity index (χ4v) is 2.71. The first-order chi connectivity index (χ1) is 10.7. The highest BCUT2D eigenvalue weighted by atomic mass is 35.5. The number of benzene rings is 1. The molecule has 0 bridgehead atoms. The van der Waals surface area contributed by atoms with Gasteiger partial charge in [-0.2, -0.15) is 0 Å². The maximum Gasteiger partial charge on any atom is 0.193 e. The minimum absolute atomic E-state index is 0.749. The number of halogens is 1. The van der Waals surface area contributed by atoms with E-state index in [-0.39, 0.29) is 0 Å². The fourth-order valence-electron chi connectivity index (χ4n) is 2.50. The highest BCUT2D eigenvalue weighted by Gasteiger charge is 2.08. The number of nitrogens with zero attached hydrogens (tertiary/aromatic N) is 2. The van der Waals surface area contributed by atoms with Gasteiger partial charge in [0.15, 0.2) is 5.96 Å². The summed E-state index contributed by atoms with van der Waals surface area (Å²) in [6, 6.07) is 7.92. The number of hydrogen-bond donors (Lipinski definition) is 1. The minimum Gasteiger partial charge on any atom is -0.377 e. The summed E-state index contributed by atoms with van der Waals surface area (Å²) >= 11 is 6.03. The van der Waals surface area contributed by atoms with E-state index in [9.17, 15) is 0 Å². The van der Waals surface area contributed by atoms with E-state index < -0.39 is 0 Å². The van der Waals surface area contributed by atoms with Crippen LogP contribution in [0.15, 0.2) is 40.9 Å². The van der Waals surface area contributed by atoms with Gasteiger partial charge in [-0.05, 0) is 30.5 Å². The number of ether oxygens (including phenoxy) is 1. The molecule has 0 aromatic heterocycles. The molecule has 0 unspecified atom stereocenters. The summed E-state index contributed by atoms with van der Waals surface area (Å²) in [6.45, 7) is 3.25. The molecule has 1 N–H and O–H groups in total. The van der Waals surface area contributed by atoms with Crippen LogP contribution in [0.4, 0.5) is 0 Å². The number of guanidine groups is 1. The fraction of sp³-hybridized carbons (Fsp3) is 0.471. The molecule has 4 nitrogen and oxygen atoms in total. The molecule has 0 radical (unpaired) electrons. The quantitative estimate of drug-likeness (QED) is 0.514. The first-order valence-electron chi connectivity index (χ1n) is 7.61. The van der Waals surface area contributed by atoms with Crippen molar-refractivity contribution in [3.63, 3.8) is 0 Å². The van der Waals surface area contributed by atoms with Gasteiger partial charge in [-0.25, -0.2) is 0 Å². The van der Waals surface area contributed by atoms with E-state index in [4.69, 9.17) is 16.3 Å². The third kappa shape index (κ3) is 5.35. The van der Waals surface area contributed by atoms with Crippen LogP contribution in [-0.2, 0) is 11.3 Å². The Morgan fingerprint density at radius 2 is 2.32 bits per heavy atom. The van der Waals surface area contributed by atoms with Crippen molar-refractivity contribution in [1.82, 2.24) is 10.2 Å². The topological polar surface area (TPSA) is 36.9 Å². The van der Waals surface area contributed by atoms with Crippen LogP contribution in [0.25, 0.3) is 0 Å². The van der Waals surface area contributed by atoms with Crippen LogP contribution in [0, 0.1) is 0 Å². The molecule has 0 saturated carbocycles. The average molecular weight is 322 g/mol. The van der Waals surface area contributed by atoms with Crippen LogP contribution in [0.3, 0.4) is 0 Å². The second-order valence-electron chi connectivity index (χ2n) is 5.40. The summed E-state index contributed by atoms with van der Waals surface area (Å²) in [4.78, 5) is 6.44.